The van der Waals surface area contributed by atoms with E-state index in [1.54, 1.807) is 6.07 Å². The van der Waals surface area contributed by atoms with Crippen molar-refractivity contribution in [1.82, 2.24) is 0 Å². The third-order valence-electron chi connectivity index (χ3n) is 2.04. The van der Waals surface area contributed by atoms with Crippen LogP contribution in [-0.4, -0.2) is 11.7 Å². The third-order valence-corrected chi connectivity index (χ3v) is 2.60. The number of halogens is 2. The van der Waals surface area contributed by atoms with E-state index < -0.39 is 0 Å². The summed E-state index contributed by atoms with van der Waals surface area (Å²) in [6, 6.07) is 5.45. The van der Waals surface area contributed by atoms with Gasteiger partial charge in [0.2, 0.25) is 0 Å². The molecular formula is C12H14Cl2O. The molecule has 0 aliphatic heterocycles. The maximum Gasteiger partial charge on any atom is 0.0493 e. The molecule has 15 heavy (non-hydrogen) atoms. The van der Waals surface area contributed by atoms with Gasteiger partial charge in [-0.05, 0) is 37.0 Å². The zero-order chi connectivity index (χ0) is 11.1. The summed E-state index contributed by atoms with van der Waals surface area (Å²) in [5.74, 6) is 0. The number of unbranched alkanes of at least 4 members (excludes halogenated alkanes) is 2. The van der Waals surface area contributed by atoms with Gasteiger partial charge in [-0.15, -0.1) is 0 Å². The Morgan fingerprint density at radius 3 is 2.67 bits per heavy atom. The zero-order valence-corrected chi connectivity index (χ0v) is 9.93. The molecule has 0 aromatic heterocycles. The van der Waals surface area contributed by atoms with Crippen molar-refractivity contribution in [2.24, 2.45) is 0 Å². The maximum atomic E-state index is 8.60. The van der Waals surface area contributed by atoms with Gasteiger partial charge in [-0.2, -0.15) is 0 Å². The van der Waals surface area contributed by atoms with Gasteiger partial charge < -0.3 is 5.11 Å². The minimum absolute atomic E-state index is 0.259. The largest absolute Gasteiger partial charge is 0.396 e. The van der Waals surface area contributed by atoms with Crippen LogP contribution in [0.2, 0.25) is 10.0 Å². The van der Waals surface area contributed by atoms with Gasteiger partial charge in [-0.1, -0.05) is 41.4 Å². The number of allylic oxidation sites excluding steroid dienone is 1. The fourth-order valence-corrected chi connectivity index (χ4v) is 1.69. The molecule has 3 heteroatoms. The van der Waals surface area contributed by atoms with E-state index in [0.29, 0.717) is 10.0 Å². The Morgan fingerprint density at radius 2 is 2.00 bits per heavy atom. The molecule has 0 aliphatic rings. The Labute approximate surface area is 100 Å². The smallest absolute Gasteiger partial charge is 0.0493 e. The van der Waals surface area contributed by atoms with E-state index in [4.69, 9.17) is 28.3 Å². The summed E-state index contributed by atoms with van der Waals surface area (Å²) >= 11 is 11.8. The van der Waals surface area contributed by atoms with E-state index in [9.17, 15) is 0 Å². The predicted octanol–water partition coefficient (Wildman–Crippen LogP) is 4.17. The summed E-state index contributed by atoms with van der Waals surface area (Å²) in [6.07, 6.45) is 6.84. The van der Waals surface area contributed by atoms with Crippen molar-refractivity contribution < 1.29 is 5.11 Å². The Hall–Kier alpha value is -0.500. The molecule has 82 valence electrons. The number of aliphatic hydroxyl groups excluding tert-OH is 1. The molecule has 1 N–H and O–H groups in total. The van der Waals surface area contributed by atoms with E-state index in [1.807, 2.05) is 18.2 Å². The Kier molecular flexibility index (Phi) is 5.77. The molecule has 1 aromatic carbocycles. The fourth-order valence-electron chi connectivity index (χ4n) is 1.22. The summed E-state index contributed by atoms with van der Waals surface area (Å²) < 4.78 is 0. The summed E-state index contributed by atoms with van der Waals surface area (Å²) in [5.41, 5.74) is 0.977. The topological polar surface area (TPSA) is 20.2 Å². The molecule has 1 aromatic rings. The summed E-state index contributed by atoms with van der Waals surface area (Å²) in [5, 5.41) is 9.92. The van der Waals surface area contributed by atoms with Gasteiger partial charge in [-0.3, -0.25) is 0 Å². The average molecular weight is 245 g/mol. The Morgan fingerprint density at radius 1 is 1.20 bits per heavy atom. The van der Waals surface area contributed by atoms with Crippen molar-refractivity contribution in [3.8, 4) is 0 Å². The van der Waals surface area contributed by atoms with Crippen LogP contribution in [0.15, 0.2) is 24.3 Å². The molecule has 0 aliphatic carbocycles. The van der Waals surface area contributed by atoms with E-state index >= 15 is 0 Å². The minimum atomic E-state index is 0.259. The third kappa shape index (κ3) is 4.70. The van der Waals surface area contributed by atoms with Crippen molar-refractivity contribution in [3.63, 3.8) is 0 Å². The van der Waals surface area contributed by atoms with Crippen molar-refractivity contribution in [2.45, 2.75) is 19.3 Å². The standard InChI is InChI=1S/C12H14Cl2O/c13-11-7-6-10(12(14)9-11)5-3-1-2-4-8-15/h3,5-7,9,15H,1-2,4,8H2/b5-3+. The van der Waals surface area contributed by atoms with Crippen LogP contribution in [-0.2, 0) is 0 Å². The molecule has 0 radical (unpaired) electrons. The first-order valence-corrected chi connectivity index (χ1v) is 5.72. The predicted molar refractivity (Wildman–Crippen MR) is 66.4 cm³/mol. The molecule has 1 nitrogen and oxygen atoms in total. The Balaban J connectivity index is 2.49. The first-order chi connectivity index (χ1) is 7.24. The van der Waals surface area contributed by atoms with Gasteiger partial charge in [0.05, 0.1) is 0 Å². The molecule has 0 fully saturated rings. The molecule has 0 saturated heterocycles. The van der Waals surface area contributed by atoms with Gasteiger partial charge in [0.1, 0.15) is 0 Å². The second-order valence-electron chi connectivity index (χ2n) is 3.29. The normalized spacial score (nSPS) is 11.1. The highest BCUT2D eigenvalue weighted by molar-refractivity contribution is 6.35. The lowest BCUT2D eigenvalue weighted by atomic mass is 10.1. The first kappa shape index (κ1) is 12.6. The second-order valence-corrected chi connectivity index (χ2v) is 4.13. The van der Waals surface area contributed by atoms with Crippen molar-refractivity contribution in [3.05, 3.63) is 39.9 Å². The molecule has 0 atom stereocenters. The molecule has 0 heterocycles. The lowest BCUT2D eigenvalue weighted by molar-refractivity contribution is 0.285. The van der Waals surface area contributed by atoms with Gasteiger partial charge in [-0.25, -0.2) is 0 Å². The fraction of sp³-hybridized carbons (Fsp3) is 0.333. The molecule has 0 amide bonds. The lowest BCUT2D eigenvalue weighted by Crippen LogP contribution is -1.80. The lowest BCUT2D eigenvalue weighted by Gasteiger charge is -1.98. The molecule has 0 unspecified atom stereocenters. The zero-order valence-electron chi connectivity index (χ0n) is 8.42. The van der Waals surface area contributed by atoms with Crippen LogP contribution in [0.5, 0.6) is 0 Å². The molecule has 0 saturated carbocycles. The summed E-state index contributed by atoms with van der Waals surface area (Å²) in [7, 11) is 0. The molecule has 1 rings (SSSR count). The number of aliphatic hydroxyl groups is 1. The molecule has 0 spiro atoms. The summed E-state index contributed by atoms with van der Waals surface area (Å²) in [4.78, 5) is 0. The number of hydrogen-bond donors (Lipinski definition) is 1. The first-order valence-electron chi connectivity index (χ1n) is 4.96. The quantitative estimate of drug-likeness (QED) is 0.772. The minimum Gasteiger partial charge on any atom is -0.396 e. The van der Waals surface area contributed by atoms with Crippen LogP contribution in [0, 0.1) is 0 Å². The van der Waals surface area contributed by atoms with E-state index in [2.05, 4.69) is 6.08 Å². The van der Waals surface area contributed by atoms with Crippen LogP contribution in [0.25, 0.3) is 6.08 Å². The van der Waals surface area contributed by atoms with Crippen LogP contribution >= 0.6 is 23.2 Å². The number of rotatable bonds is 5. The highest BCUT2D eigenvalue weighted by atomic mass is 35.5. The Bertz CT molecular complexity index is 334. The highest BCUT2D eigenvalue weighted by Gasteiger charge is 1.96. The van der Waals surface area contributed by atoms with Gasteiger partial charge in [0, 0.05) is 16.7 Å². The number of benzene rings is 1. The van der Waals surface area contributed by atoms with Crippen LogP contribution < -0.4 is 0 Å². The van der Waals surface area contributed by atoms with Gasteiger partial charge in [0.25, 0.3) is 0 Å². The SMILES string of the molecule is OCCCC/C=C/c1ccc(Cl)cc1Cl. The van der Waals surface area contributed by atoms with Crippen LogP contribution in [0.4, 0.5) is 0 Å². The monoisotopic (exact) mass is 244 g/mol. The average Bonchev–Trinajstić information content (AvgIpc) is 2.20. The number of hydrogen-bond acceptors (Lipinski definition) is 1. The summed E-state index contributed by atoms with van der Waals surface area (Å²) in [6.45, 7) is 0.259. The van der Waals surface area contributed by atoms with E-state index in [-0.39, 0.29) is 6.61 Å². The molecular weight excluding hydrogens is 231 g/mol. The van der Waals surface area contributed by atoms with Crippen LogP contribution in [0.3, 0.4) is 0 Å². The maximum absolute atomic E-state index is 8.60. The highest BCUT2D eigenvalue weighted by Crippen LogP contribution is 2.22. The van der Waals surface area contributed by atoms with Gasteiger partial charge >= 0.3 is 0 Å². The van der Waals surface area contributed by atoms with Gasteiger partial charge in [0.15, 0.2) is 0 Å². The van der Waals surface area contributed by atoms with Crippen molar-refractivity contribution >= 4 is 29.3 Å². The van der Waals surface area contributed by atoms with Crippen molar-refractivity contribution in [2.75, 3.05) is 6.61 Å². The van der Waals surface area contributed by atoms with E-state index in [0.717, 1.165) is 24.8 Å². The van der Waals surface area contributed by atoms with Crippen LogP contribution in [0.1, 0.15) is 24.8 Å². The van der Waals surface area contributed by atoms with E-state index in [1.165, 1.54) is 0 Å². The van der Waals surface area contributed by atoms with Crippen molar-refractivity contribution in [1.29, 1.82) is 0 Å². The second kappa shape index (κ2) is 6.89. The molecule has 0 bridgehead atoms.